The van der Waals surface area contributed by atoms with Crippen LogP contribution in [0.2, 0.25) is 0 Å². The Hall–Kier alpha value is -2.22. The van der Waals surface area contributed by atoms with Gasteiger partial charge in [-0.3, -0.25) is 0 Å². The molecule has 2 heteroatoms. The summed E-state index contributed by atoms with van der Waals surface area (Å²) in [5.41, 5.74) is 4.75. The minimum Gasteiger partial charge on any atom is -0.508 e. The molecule has 3 rings (SSSR count). The molecule has 0 aliphatic heterocycles. The second kappa shape index (κ2) is 5.65. The first-order valence-corrected chi connectivity index (χ1v) is 7.42. The molecule has 21 heavy (non-hydrogen) atoms. The zero-order valence-electron chi connectivity index (χ0n) is 12.2. The Balaban J connectivity index is 1.80. The van der Waals surface area contributed by atoms with Gasteiger partial charge in [-0.05, 0) is 72.6 Å². The fraction of sp³-hybridized carbons (Fsp3) is 0.263. The van der Waals surface area contributed by atoms with Crippen molar-refractivity contribution in [1.29, 1.82) is 0 Å². The van der Waals surface area contributed by atoms with Crippen LogP contribution in [0.25, 0.3) is 5.57 Å². The van der Waals surface area contributed by atoms with Crippen LogP contribution in [0.5, 0.6) is 11.5 Å². The van der Waals surface area contributed by atoms with Crippen LogP contribution in [-0.2, 0) is 0 Å². The van der Waals surface area contributed by atoms with E-state index in [9.17, 15) is 10.2 Å². The van der Waals surface area contributed by atoms with Crippen LogP contribution >= 0.6 is 0 Å². The third kappa shape index (κ3) is 2.80. The van der Waals surface area contributed by atoms with Crippen molar-refractivity contribution in [3.63, 3.8) is 0 Å². The number of phenols is 2. The van der Waals surface area contributed by atoms with E-state index in [1.165, 1.54) is 16.7 Å². The first-order valence-electron chi connectivity index (χ1n) is 7.42. The molecule has 0 amide bonds. The van der Waals surface area contributed by atoms with Gasteiger partial charge in [0.1, 0.15) is 11.5 Å². The lowest BCUT2D eigenvalue weighted by atomic mass is 9.82. The molecule has 2 aromatic carbocycles. The molecule has 0 bridgehead atoms. The molecule has 1 aliphatic rings. The van der Waals surface area contributed by atoms with Gasteiger partial charge in [0.05, 0.1) is 0 Å². The Bertz CT molecular complexity index is 668. The van der Waals surface area contributed by atoms with Crippen molar-refractivity contribution in [3.8, 4) is 11.5 Å². The molecule has 0 heterocycles. The summed E-state index contributed by atoms with van der Waals surface area (Å²) in [4.78, 5) is 0. The zero-order valence-corrected chi connectivity index (χ0v) is 12.2. The van der Waals surface area contributed by atoms with Gasteiger partial charge in [0, 0.05) is 0 Å². The molecule has 1 aliphatic carbocycles. The molecule has 0 saturated carbocycles. The molecule has 2 aromatic rings. The average Bonchev–Trinajstić information content (AvgIpc) is 2.51. The molecule has 0 aromatic heterocycles. The van der Waals surface area contributed by atoms with Crippen molar-refractivity contribution in [2.24, 2.45) is 0 Å². The van der Waals surface area contributed by atoms with Crippen molar-refractivity contribution in [2.45, 2.75) is 32.1 Å². The SMILES string of the molecule is Cc1c(O)cccc1C1=CCC(c2ccc(O)cc2)CC1. The number of hydrogen-bond acceptors (Lipinski definition) is 2. The summed E-state index contributed by atoms with van der Waals surface area (Å²) in [6.45, 7) is 1.97. The van der Waals surface area contributed by atoms with Crippen LogP contribution < -0.4 is 0 Å². The van der Waals surface area contributed by atoms with Gasteiger partial charge < -0.3 is 10.2 Å². The minimum absolute atomic E-state index is 0.321. The molecule has 0 fully saturated rings. The van der Waals surface area contributed by atoms with Crippen molar-refractivity contribution < 1.29 is 10.2 Å². The standard InChI is InChI=1S/C19H20O2/c1-13-18(3-2-4-19(13)21)16-7-5-14(6-8-16)15-9-11-17(20)12-10-15/h2-4,7,9-12,14,20-21H,5-6,8H2,1H3. The Morgan fingerprint density at radius 3 is 2.43 bits per heavy atom. The highest BCUT2D eigenvalue weighted by Gasteiger charge is 2.18. The number of rotatable bonds is 2. The minimum atomic E-state index is 0.321. The smallest absolute Gasteiger partial charge is 0.119 e. The van der Waals surface area contributed by atoms with Gasteiger partial charge >= 0.3 is 0 Å². The molecule has 1 unspecified atom stereocenters. The quantitative estimate of drug-likeness (QED) is 0.832. The molecule has 0 spiro atoms. The van der Waals surface area contributed by atoms with E-state index in [0.29, 0.717) is 17.4 Å². The van der Waals surface area contributed by atoms with E-state index in [4.69, 9.17) is 0 Å². The van der Waals surface area contributed by atoms with Crippen molar-refractivity contribution in [3.05, 3.63) is 65.2 Å². The molecule has 108 valence electrons. The third-order valence-corrected chi connectivity index (χ3v) is 4.43. The van der Waals surface area contributed by atoms with Crippen LogP contribution in [0.4, 0.5) is 0 Å². The van der Waals surface area contributed by atoms with Gasteiger partial charge in [-0.15, -0.1) is 0 Å². The molecule has 1 atom stereocenters. The van der Waals surface area contributed by atoms with Crippen LogP contribution in [0.3, 0.4) is 0 Å². The maximum absolute atomic E-state index is 9.84. The predicted octanol–water partition coefficient (Wildman–Crippen LogP) is 4.76. The molecular weight excluding hydrogens is 260 g/mol. The highest BCUT2D eigenvalue weighted by Crippen LogP contribution is 2.38. The van der Waals surface area contributed by atoms with E-state index in [1.54, 1.807) is 18.2 Å². The lowest BCUT2D eigenvalue weighted by Gasteiger charge is -2.23. The molecule has 2 nitrogen and oxygen atoms in total. The van der Waals surface area contributed by atoms with Gasteiger partial charge in [0.2, 0.25) is 0 Å². The van der Waals surface area contributed by atoms with Crippen LogP contribution in [0, 0.1) is 6.92 Å². The maximum atomic E-state index is 9.84. The largest absolute Gasteiger partial charge is 0.508 e. The van der Waals surface area contributed by atoms with E-state index < -0.39 is 0 Å². The Morgan fingerprint density at radius 1 is 1.00 bits per heavy atom. The normalized spacial score (nSPS) is 18.3. The fourth-order valence-corrected chi connectivity index (χ4v) is 3.10. The Morgan fingerprint density at radius 2 is 1.76 bits per heavy atom. The zero-order chi connectivity index (χ0) is 14.8. The third-order valence-electron chi connectivity index (χ3n) is 4.43. The second-order valence-electron chi connectivity index (χ2n) is 5.74. The van der Waals surface area contributed by atoms with E-state index >= 15 is 0 Å². The monoisotopic (exact) mass is 280 g/mol. The number of hydrogen-bond donors (Lipinski definition) is 2. The highest BCUT2D eigenvalue weighted by molar-refractivity contribution is 5.70. The lowest BCUT2D eigenvalue weighted by molar-refractivity contribution is 0.471. The summed E-state index contributed by atoms with van der Waals surface area (Å²) in [5.74, 6) is 1.21. The summed E-state index contributed by atoms with van der Waals surface area (Å²) >= 11 is 0. The molecule has 0 saturated heterocycles. The topological polar surface area (TPSA) is 40.5 Å². The van der Waals surface area contributed by atoms with Crippen LogP contribution in [0.15, 0.2) is 48.5 Å². The van der Waals surface area contributed by atoms with Gasteiger partial charge in [0.15, 0.2) is 0 Å². The van der Waals surface area contributed by atoms with Crippen molar-refractivity contribution >= 4 is 5.57 Å². The first-order chi connectivity index (χ1) is 10.1. The Labute approximate surface area is 125 Å². The highest BCUT2D eigenvalue weighted by atomic mass is 16.3. The number of aromatic hydroxyl groups is 2. The summed E-state index contributed by atoms with van der Waals surface area (Å²) < 4.78 is 0. The van der Waals surface area contributed by atoms with Gasteiger partial charge in [0.25, 0.3) is 0 Å². The average molecular weight is 280 g/mol. The van der Waals surface area contributed by atoms with Gasteiger partial charge in [-0.1, -0.05) is 30.3 Å². The lowest BCUT2D eigenvalue weighted by Crippen LogP contribution is -2.04. The first kappa shape index (κ1) is 13.7. The van der Waals surface area contributed by atoms with Crippen molar-refractivity contribution in [2.75, 3.05) is 0 Å². The summed E-state index contributed by atoms with van der Waals surface area (Å²) in [7, 11) is 0. The maximum Gasteiger partial charge on any atom is 0.119 e. The van der Waals surface area contributed by atoms with Crippen LogP contribution in [-0.4, -0.2) is 10.2 Å². The van der Waals surface area contributed by atoms with Crippen LogP contribution in [0.1, 0.15) is 41.9 Å². The van der Waals surface area contributed by atoms with E-state index in [-0.39, 0.29) is 0 Å². The van der Waals surface area contributed by atoms with E-state index in [1.807, 2.05) is 25.1 Å². The molecule has 0 radical (unpaired) electrons. The molecule has 2 N–H and O–H groups in total. The summed E-state index contributed by atoms with van der Waals surface area (Å²) in [6, 6.07) is 13.3. The number of allylic oxidation sites excluding steroid dienone is 2. The van der Waals surface area contributed by atoms with E-state index in [2.05, 4.69) is 12.1 Å². The molecular formula is C19H20O2. The Kier molecular flexibility index (Phi) is 3.70. The van der Waals surface area contributed by atoms with E-state index in [0.717, 1.165) is 24.8 Å². The summed E-state index contributed by atoms with van der Waals surface area (Å²) in [5, 5.41) is 19.2. The number of phenolic OH excluding ortho intramolecular Hbond substituents is 2. The summed E-state index contributed by atoms with van der Waals surface area (Å²) in [6.07, 6.45) is 5.43. The van der Waals surface area contributed by atoms with Gasteiger partial charge in [-0.25, -0.2) is 0 Å². The van der Waals surface area contributed by atoms with Crippen molar-refractivity contribution in [1.82, 2.24) is 0 Å². The van der Waals surface area contributed by atoms with Gasteiger partial charge in [-0.2, -0.15) is 0 Å². The predicted molar refractivity (Wildman–Crippen MR) is 85.5 cm³/mol. The number of benzene rings is 2. The second-order valence-corrected chi connectivity index (χ2v) is 5.74. The fourth-order valence-electron chi connectivity index (χ4n) is 3.10.